The first-order valence-electron chi connectivity index (χ1n) is 9.72. The number of hydrogen-bond donors (Lipinski definition) is 2. The lowest BCUT2D eigenvalue weighted by atomic mass is 10.0. The maximum Gasteiger partial charge on any atom is 0.410 e. The second-order valence-electron chi connectivity index (χ2n) is 8.34. The molecule has 1 unspecified atom stereocenters. The fourth-order valence-corrected chi connectivity index (χ4v) is 3.67. The van der Waals surface area contributed by atoms with Gasteiger partial charge < -0.3 is 19.7 Å². The van der Waals surface area contributed by atoms with Crippen molar-refractivity contribution in [2.24, 2.45) is 0 Å². The molecule has 28 heavy (non-hydrogen) atoms. The summed E-state index contributed by atoms with van der Waals surface area (Å²) in [5, 5.41) is 10.1. The number of aliphatic carboxylic acids is 1. The van der Waals surface area contributed by atoms with Crippen LogP contribution >= 0.6 is 0 Å². The van der Waals surface area contributed by atoms with E-state index in [1.165, 1.54) is 0 Å². The Kier molecular flexibility index (Phi) is 5.93. The topological polar surface area (TPSA) is 85.9 Å². The molecule has 7 nitrogen and oxygen atoms in total. The van der Waals surface area contributed by atoms with E-state index < -0.39 is 11.6 Å². The predicted octanol–water partition coefficient (Wildman–Crippen LogP) is 3.11. The summed E-state index contributed by atoms with van der Waals surface area (Å²) in [4.78, 5) is 30.9. The molecule has 1 amide bonds. The molecule has 3 rings (SSSR count). The van der Waals surface area contributed by atoms with E-state index in [1.54, 1.807) is 4.90 Å². The zero-order valence-corrected chi connectivity index (χ0v) is 16.8. The van der Waals surface area contributed by atoms with Crippen molar-refractivity contribution < 1.29 is 19.4 Å². The normalized spacial score (nSPS) is 18.4. The number of carboxylic acids is 1. The minimum Gasteiger partial charge on any atom is -0.481 e. The van der Waals surface area contributed by atoms with Crippen LogP contribution in [0.4, 0.5) is 4.79 Å². The first-order valence-corrected chi connectivity index (χ1v) is 9.72. The number of ether oxygens (including phenoxy) is 1. The second kappa shape index (κ2) is 8.22. The molecule has 2 aromatic rings. The highest BCUT2D eigenvalue weighted by atomic mass is 16.6. The van der Waals surface area contributed by atoms with Crippen LogP contribution in [0, 0.1) is 0 Å². The van der Waals surface area contributed by atoms with Gasteiger partial charge in [0, 0.05) is 43.3 Å². The summed E-state index contributed by atoms with van der Waals surface area (Å²) in [6.45, 7) is 7.89. The molecular weight excluding hydrogens is 358 g/mol. The van der Waals surface area contributed by atoms with Crippen molar-refractivity contribution in [3.05, 3.63) is 36.0 Å². The van der Waals surface area contributed by atoms with E-state index in [9.17, 15) is 9.59 Å². The number of aromatic nitrogens is 1. The highest BCUT2D eigenvalue weighted by molar-refractivity contribution is 5.83. The van der Waals surface area contributed by atoms with Crippen LogP contribution < -0.4 is 0 Å². The molecule has 0 saturated carbocycles. The molecule has 7 heteroatoms. The largest absolute Gasteiger partial charge is 0.481 e. The lowest BCUT2D eigenvalue weighted by Crippen LogP contribution is -2.57. The highest BCUT2D eigenvalue weighted by Crippen LogP contribution is 2.24. The predicted molar refractivity (Wildman–Crippen MR) is 107 cm³/mol. The molecule has 1 atom stereocenters. The number of nitrogens with one attached hydrogen (secondary N) is 1. The van der Waals surface area contributed by atoms with Crippen LogP contribution in [0.2, 0.25) is 0 Å². The minimum atomic E-state index is -0.803. The van der Waals surface area contributed by atoms with Crippen LogP contribution in [0.1, 0.15) is 32.8 Å². The number of para-hydroxylation sites is 1. The van der Waals surface area contributed by atoms with Crippen LogP contribution in [0.25, 0.3) is 10.9 Å². The van der Waals surface area contributed by atoms with Gasteiger partial charge in [-0.3, -0.25) is 9.69 Å². The fraction of sp³-hybridized carbons (Fsp3) is 0.524. The summed E-state index contributed by atoms with van der Waals surface area (Å²) in [5.41, 5.74) is 1.66. The van der Waals surface area contributed by atoms with Crippen molar-refractivity contribution in [1.29, 1.82) is 0 Å². The van der Waals surface area contributed by atoms with Crippen molar-refractivity contribution in [1.82, 2.24) is 14.8 Å². The van der Waals surface area contributed by atoms with Crippen LogP contribution in [0.5, 0.6) is 0 Å². The van der Waals surface area contributed by atoms with Crippen molar-refractivity contribution in [2.45, 2.75) is 45.3 Å². The Morgan fingerprint density at radius 1 is 1.25 bits per heavy atom. The number of aromatic amines is 1. The molecule has 1 fully saturated rings. The average Bonchev–Trinajstić information content (AvgIpc) is 3.02. The fourth-order valence-electron chi connectivity index (χ4n) is 3.67. The van der Waals surface area contributed by atoms with Gasteiger partial charge in [0.15, 0.2) is 0 Å². The Morgan fingerprint density at radius 2 is 2.00 bits per heavy atom. The van der Waals surface area contributed by atoms with E-state index in [2.05, 4.69) is 16.0 Å². The van der Waals surface area contributed by atoms with Crippen LogP contribution in [0.3, 0.4) is 0 Å². The molecule has 1 saturated heterocycles. The van der Waals surface area contributed by atoms with Gasteiger partial charge in [0.25, 0.3) is 0 Å². The monoisotopic (exact) mass is 387 g/mol. The maximum absolute atomic E-state index is 12.8. The molecule has 0 spiro atoms. The van der Waals surface area contributed by atoms with Crippen LogP contribution in [-0.2, 0) is 16.0 Å². The molecule has 152 valence electrons. The zero-order valence-electron chi connectivity index (χ0n) is 16.8. The number of piperazine rings is 1. The number of hydrogen-bond acceptors (Lipinski definition) is 4. The van der Waals surface area contributed by atoms with E-state index in [1.807, 2.05) is 45.2 Å². The van der Waals surface area contributed by atoms with Crippen LogP contribution in [0.15, 0.2) is 30.5 Å². The van der Waals surface area contributed by atoms with E-state index in [0.717, 1.165) is 16.5 Å². The van der Waals surface area contributed by atoms with Gasteiger partial charge in [0.05, 0.1) is 12.5 Å². The van der Waals surface area contributed by atoms with Gasteiger partial charge in [-0.15, -0.1) is 0 Å². The number of benzene rings is 1. The second-order valence-corrected chi connectivity index (χ2v) is 8.34. The number of H-pyrrole nitrogens is 1. The Bertz CT molecular complexity index is 840. The lowest BCUT2D eigenvalue weighted by Gasteiger charge is -2.41. The number of amides is 1. The first kappa shape index (κ1) is 20.2. The third kappa shape index (κ3) is 5.04. The Morgan fingerprint density at radius 3 is 2.71 bits per heavy atom. The van der Waals surface area contributed by atoms with Gasteiger partial charge in [-0.2, -0.15) is 0 Å². The number of nitrogens with zero attached hydrogens (tertiary/aromatic N) is 2. The van der Waals surface area contributed by atoms with Gasteiger partial charge in [0.1, 0.15) is 5.60 Å². The summed E-state index contributed by atoms with van der Waals surface area (Å²) in [6.07, 6.45) is 2.47. The zero-order chi connectivity index (χ0) is 20.3. The smallest absolute Gasteiger partial charge is 0.410 e. The van der Waals surface area contributed by atoms with Crippen LogP contribution in [-0.4, -0.2) is 69.8 Å². The summed E-state index contributed by atoms with van der Waals surface area (Å²) in [6, 6.07) is 8.03. The lowest BCUT2D eigenvalue weighted by molar-refractivity contribution is -0.137. The average molecular weight is 387 g/mol. The summed E-state index contributed by atoms with van der Waals surface area (Å²) < 4.78 is 5.61. The molecule has 2 heterocycles. The molecule has 1 aliphatic heterocycles. The van der Waals surface area contributed by atoms with Crippen molar-refractivity contribution in [3.8, 4) is 0 Å². The van der Waals surface area contributed by atoms with Gasteiger partial charge in [-0.25, -0.2) is 4.79 Å². The highest BCUT2D eigenvalue weighted by Gasteiger charge is 2.33. The Labute approximate surface area is 165 Å². The van der Waals surface area contributed by atoms with E-state index in [0.29, 0.717) is 32.6 Å². The molecular formula is C21H29N3O4. The molecule has 1 aliphatic rings. The van der Waals surface area contributed by atoms with Gasteiger partial charge in [-0.1, -0.05) is 18.2 Å². The molecule has 0 radical (unpaired) electrons. The van der Waals surface area contributed by atoms with Gasteiger partial charge >= 0.3 is 12.1 Å². The van der Waals surface area contributed by atoms with Crippen molar-refractivity contribution in [2.75, 3.05) is 26.2 Å². The third-order valence-corrected chi connectivity index (χ3v) is 4.97. The summed E-state index contributed by atoms with van der Waals surface area (Å²) in [5.74, 6) is -0.803. The SMILES string of the molecule is CC(C)(C)OC(=O)N1CCN(CCC(=O)O)CC1Cc1c[nH]c2ccccc12. The van der Waals surface area contributed by atoms with Gasteiger partial charge in [-0.05, 0) is 38.8 Å². The third-order valence-electron chi connectivity index (χ3n) is 4.97. The molecule has 1 aromatic carbocycles. The maximum atomic E-state index is 12.8. The van der Waals surface area contributed by atoms with E-state index in [-0.39, 0.29) is 18.6 Å². The Hall–Kier alpha value is -2.54. The molecule has 0 bridgehead atoms. The number of rotatable bonds is 5. The summed E-state index contributed by atoms with van der Waals surface area (Å²) in [7, 11) is 0. The summed E-state index contributed by atoms with van der Waals surface area (Å²) >= 11 is 0. The van der Waals surface area contributed by atoms with E-state index in [4.69, 9.17) is 9.84 Å². The Balaban J connectivity index is 1.79. The van der Waals surface area contributed by atoms with E-state index >= 15 is 0 Å². The van der Waals surface area contributed by atoms with Crippen molar-refractivity contribution >= 4 is 23.0 Å². The number of carboxylic acid groups (broad SMARTS) is 1. The number of fused-ring (bicyclic) bond motifs is 1. The molecule has 1 aromatic heterocycles. The van der Waals surface area contributed by atoms with Crippen molar-refractivity contribution in [3.63, 3.8) is 0 Å². The first-order chi connectivity index (χ1) is 13.2. The number of carbonyl (C=O) groups is 2. The quantitative estimate of drug-likeness (QED) is 0.823. The standard InChI is InChI=1S/C21H29N3O4/c1-21(2,3)28-20(27)24-11-10-23(9-8-19(25)26)14-16(24)12-15-13-22-18-7-5-4-6-17(15)18/h4-7,13,16,22H,8-12,14H2,1-3H3,(H,25,26). The van der Waals surface area contributed by atoms with Gasteiger partial charge in [0.2, 0.25) is 0 Å². The molecule has 0 aliphatic carbocycles. The minimum absolute atomic E-state index is 0.0726. The number of carbonyl (C=O) groups excluding carboxylic acids is 1. The molecule has 2 N–H and O–H groups in total.